The van der Waals surface area contributed by atoms with Crippen LogP contribution in [0.1, 0.15) is 38.5 Å². The summed E-state index contributed by atoms with van der Waals surface area (Å²) in [5, 5.41) is 4.86. The van der Waals surface area contributed by atoms with E-state index < -0.39 is 0 Å². The normalized spacial score (nSPS) is 20.7. The summed E-state index contributed by atoms with van der Waals surface area (Å²) in [4.78, 5) is 21.8. The number of carbonyl (C=O) groups is 1. The number of fused-ring (bicyclic) bond motifs is 1. The summed E-state index contributed by atoms with van der Waals surface area (Å²) in [6, 6.07) is 16.9. The van der Waals surface area contributed by atoms with Gasteiger partial charge < -0.3 is 24.6 Å². The molecule has 0 radical (unpaired) electrons. The zero-order valence-electron chi connectivity index (χ0n) is 22.1. The fourth-order valence-electron chi connectivity index (χ4n) is 5.99. The second-order valence-corrected chi connectivity index (χ2v) is 10.7. The lowest BCUT2D eigenvalue weighted by Gasteiger charge is -2.33. The van der Waals surface area contributed by atoms with Crippen LogP contribution >= 0.6 is 0 Å². The summed E-state index contributed by atoms with van der Waals surface area (Å²) in [6.45, 7) is 6.53. The molecule has 200 valence electrons. The number of anilines is 1. The number of nitrogens with zero attached hydrogens (tertiary/aromatic N) is 3. The van der Waals surface area contributed by atoms with E-state index in [1.54, 1.807) is 0 Å². The second-order valence-electron chi connectivity index (χ2n) is 10.7. The molecule has 0 bridgehead atoms. The molecule has 7 nitrogen and oxygen atoms in total. The van der Waals surface area contributed by atoms with Crippen LogP contribution in [0, 0.1) is 0 Å². The van der Waals surface area contributed by atoms with Crippen molar-refractivity contribution in [1.29, 1.82) is 0 Å². The van der Waals surface area contributed by atoms with Gasteiger partial charge in [0, 0.05) is 62.8 Å². The highest BCUT2D eigenvalue weighted by atomic mass is 16.5. The Kier molecular flexibility index (Phi) is 7.74. The Morgan fingerprint density at radius 2 is 1.79 bits per heavy atom. The van der Waals surface area contributed by atoms with E-state index in [2.05, 4.69) is 52.7 Å². The van der Waals surface area contributed by atoms with Crippen LogP contribution in [0.4, 0.5) is 5.69 Å². The number of rotatable bonds is 8. The molecule has 7 heteroatoms. The first-order valence-electron chi connectivity index (χ1n) is 14.3. The number of benzene rings is 2. The Morgan fingerprint density at radius 3 is 2.55 bits per heavy atom. The van der Waals surface area contributed by atoms with E-state index in [0.717, 1.165) is 85.3 Å². The van der Waals surface area contributed by atoms with E-state index >= 15 is 0 Å². The van der Waals surface area contributed by atoms with Crippen LogP contribution in [0.15, 0.2) is 54.7 Å². The minimum absolute atomic E-state index is 0.127. The Bertz CT molecular complexity index is 1230. The molecule has 6 rings (SSSR count). The van der Waals surface area contributed by atoms with E-state index in [1.165, 1.54) is 25.9 Å². The topological polar surface area (TPSA) is 66.9 Å². The lowest BCUT2D eigenvalue weighted by Crippen LogP contribution is -2.45. The van der Waals surface area contributed by atoms with Crippen LogP contribution in [0.25, 0.3) is 22.0 Å². The maximum Gasteiger partial charge on any atom is 0.251 e. The van der Waals surface area contributed by atoms with Crippen LogP contribution in [0.3, 0.4) is 0 Å². The molecule has 4 heterocycles. The predicted octanol–water partition coefficient (Wildman–Crippen LogP) is 4.96. The molecule has 1 amide bonds. The zero-order valence-corrected chi connectivity index (χ0v) is 22.1. The average Bonchev–Trinajstić information content (AvgIpc) is 3.69. The van der Waals surface area contributed by atoms with Crippen LogP contribution in [-0.4, -0.2) is 78.8 Å². The zero-order chi connectivity index (χ0) is 25.7. The fraction of sp³-hybridized carbons (Fsp3) is 0.484. The Morgan fingerprint density at radius 1 is 0.974 bits per heavy atom. The molecule has 2 aromatic carbocycles. The van der Waals surface area contributed by atoms with Gasteiger partial charge in [-0.1, -0.05) is 30.3 Å². The maximum atomic E-state index is 12.6. The molecule has 1 N–H and O–H groups in total. The monoisotopic (exact) mass is 514 g/mol. The molecule has 38 heavy (non-hydrogen) atoms. The first-order chi connectivity index (χ1) is 18.7. The van der Waals surface area contributed by atoms with Gasteiger partial charge >= 0.3 is 0 Å². The van der Waals surface area contributed by atoms with Crippen molar-refractivity contribution in [3.63, 3.8) is 0 Å². The number of hydrogen-bond donors (Lipinski definition) is 1. The molecule has 0 saturated carbocycles. The van der Waals surface area contributed by atoms with Gasteiger partial charge in [0.2, 0.25) is 0 Å². The predicted molar refractivity (Wildman–Crippen MR) is 151 cm³/mol. The first-order valence-corrected chi connectivity index (χ1v) is 14.3. The lowest BCUT2D eigenvalue weighted by atomic mass is 10.0. The van der Waals surface area contributed by atoms with Crippen molar-refractivity contribution >= 4 is 22.5 Å². The van der Waals surface area contributed by atoms with Crippen molar-refractivity contribution in [2.24, 2.45) is 0 Å². The third kappa shape index (κ3) is 5.64. The van der Waals surface area contributed by atoms with Gasteiger partial charge in [-0.2, -0.15) is 0 Å². The molecular formula is C31H38N4O3. The third-order valence-electron chi connectivity index (χ3n) is 8.13. The average molecular weight is 515 g/mol. The summed E-state index contributed by atoms with van der Waals surface area (Å²) in [5.41, 5.74) is 4.41. The highest BCUT2D eigenvalue weighted by Gasteiger charge is 2.31. The Labute approximate surface area is 225 Å². The van der Waals surface area contributed by atoms with E-state index in [4.69, 9.17) is 14.5 Å². The van der Waals surface area contributed by atoms with Crippen LogP contribution in [0.5, 0.6) is 5.75 Å². The Hall–Kier alpha value is -3.16. The number of ether oxygens (including phenoxy) is 2. The summed E-state index contributed by atoms with van der Waals surface area (Å²) in [6.07, 6.45) is 7.91. The van der Waals surface area contributed by atoms with E-state index in [-0.39, 0.29) is 18.1 Å². The summed E-state index contributed by atoms with van der Waals surface area (Å²) >= 11 is 0. The van der Waals surface area contributed by atoms with Crippen molar-refractivity contribution in [3.8, 4) is 16.9 Å². The molecule has 0 spiro atoms. The number of aromatic nitrogens is 1. The number of likely N-dealkylation sites (tertiary alicyclic amines) is 2. The smallest absolute Gasteiger partial charge is 0.251 e. The van der Waals surface area contributed by atoms with E-state index in [9.17, 15) is 4.79 Å². The van der Waals surface area contributed by atoms with Crippen molar-refractivity contribution in [3.05, 3.63) is 54.7 Å². The molecule has 3 aromatic rings. The van der Waals surface area contributed by atoms with Crippen molar-refractivity contribution in [2.45, 2.75) is 50.7 Å². The molecule has 1 atom stereocenters. The van der Waals surface area contributed by atoms with Crippen LogP contribution in [0.2, 0.25) is 0 Å². The van der Waals surface area contributed by atoms with Gasteiger partial charge in [-0.05, 0) is 62.5 Å². The molecule has 1 aromatic heterocycles. The highest BCUT2D eigenvalue weighted by Crippen LogP contribution is 2.35. The molecule has 3 fully saturated rings. The van der Waals surface area contributed by atoms with E-state index in [1.807, 2.05) is 17.2 Å². The first kappa shape index (κ1) is 25.1. The quantitative estimate of drug-likeness (QED) is 0.459. The third-order valence-corrected chi connectivity index (χ3v) is 8.13. The van der Waals surface area contributed by atoms with Crippen LogP contribution in [-0.2, 0) is 9.53 Å². The summed E-state index contributed by atoms with van der Waals surface area (Å²) in [5.74, 6) is 1.03. The second kappa shape index (κ2) is 11.7. The van der Waals surface area contributed by atoms with Gasteiger partial charge in [-0.25, -0.2) is 0 Å². The number of amides is 1. The van der Waals surface area contributed by atoms with Crippen molar-refractivity contribution in [1.82, 2.24) is 14.8 Å². The SMILES string of the molecule is O=C([C@H]1CCCO1)N1CCC(Oc2ccc(-c3ccc4cccnc4c3NCCN3CCCC3)cc2)CC1. The number of pyridine rings is 1. The standard InChI is InChI=1S/C31H38N4O3/c36-31(28-6-4-22-37-28)35-19-13-26(14-20-35)38-25-10-7-23(8-11-25)27-12-9-24-5-3-15-32-29(24)30(27)33-16-21-34-17-1-2-18-34/h3,5,7-12,15,26,28,33H,1-2,4,6,13-14,16-22H2/t28-/m1/s1. The van der Waals surface area contributed by atoms with Crippen LogP contribution < -0.4 is 10.1 Å². The number of nitrogens with one attached hydrogen (secondary N) is 1. The van der Waals surface area contributed by atoms with Crippen molar-refractivity contribution < 1.29 is 14.3 Å². The Balaban J connectivity index is 1.11. The minimum atomic E-state index is -0.232. The van der Waals surface area contributed by atoms with Gasteiger partial charge in [0.1, 0.15) is 18.0 Å². The summed E-state index contributed by atoms with van der Waals surface area (Å²) < 4.78 is 11.9. The van der Waals surface area contributed by atoms with E-state index in [0.29, 0.717) is 6.61 Å². The lowest BCUT2D eigenvalue weighted by molar-refractivity contribution is -0.142. The molecule has 3 aliphatic heterocycles. The molecule has 3 aliphatic rings. The fourth-order valence-corrected chi connectivity index (χ4v) is 5.99. The molecule has 0 unspecified atom stereocenters. The summed E-state index contributed by atoms with van der Waals surface area (Å²) in [7, 11) is 0. The molecule has 0 aliphatic carbocycles. The largest absolute Gasteiger partial charge is 0.490 e. The van der Waals surface area contributed by atoms with Gasteiger partial charge in [0.05, 0.1) is 11.2 Å². The highest BCUT2D eigenvalue weighted by molar-refractivity contribution is 5.99. The maximum absolute atomic E-state index is 12.6. The number of carbonyl (C=O) groups excluding carboxylic acids is 1. The van der Waals surface area contributed by atoms with Gasteiger partial charge in [-0.3, -0.25) is 9.78 Å². The van der Waals surface area contributed by atoms with Gasteiger partial charge in [-0.15, -0.1) is 0 Å². The van der Waals surface area contributed by atoms with Gasteiger partial charge in [0.25, 0.3) is 5.91 Å². The number of piperidine rings is 1. The number of hydrogen-bond acceptors (Lipinski definition) is 6. The molecular weight excluding hydrogens is 476 g/mol. The molecule has 3 saturated heterocycles. The van der Waals surface area contributed by atoms with Gasteiger partial charge in [0.15, 0.2) is 0 Å². The minimum Gasteiger partial charge on any atom is -0.490 e. The van der Waals surface area contributed by atoms with Crippen molar-refractivity contribution in [2.75, 3.05) is 51.2 Å².